The van der Waals surface area contributed by atoms with Crippen LogP contribution in [0, 0.1) is 0 Å². The fourth-order valence-electron chi connectivity index (χ4n) is 2.67. The molecule has 1 aliphatic heterocycles. The van der Waals surface area contributed by atoms with E-state index >= 15 is 0 Å². The van der Waals surface area contributed by atoms with Crippen molar-refractivity contribution < 1.29 is 4.74 Å². The summed E-state index contributed by atoms with van der Waals surface area (Å²) in [4.78, 5) is 13.3. The lowest BCUT2D eigenvalue weighted by Gasteiger charge is -2.12. The highest BCUT2D eigenvalue weighted by molar-refractivity contribution is 9.10. The summed E-state index contributed by atoms with van der Waals surface area (Å²) in [6, 6.07) is 7.46. The zero-order chi connectivity index (χ0) is 15.8. The first kappa shape index (κ1) is 14.4. The minimum atomic E-state index is -0.00817. The second-order valence-corrected chi connectivity index (χ2v) is 6.09. The molecule has 8 heteroatoms. The summed E-state index contributed by atoms with van der Waals surface area (Å²) < 4.78 is 8.19. The monoisotopic (exact) mass is 374 g/mol. The molecule has 0 aliphatic carbocycles. The molecule has 1 aromatic carbocycles. The SMILES string of the molecule is Nc1ccc(Nc2nc(Br)nc3c2ncn3C2CCCO2)cc1. The minimum absolute atomic E-state index is 0.00817. The van der Waals surface area contributed by atoms with Crippen molar-refractivity contribution in [1.82, 2.24) is 19.5 Å². The normalized spacial score (nSPS) is 17.7. The largest absolute Gasteiger partial charge is 0.399 e. The molecule has 3 heterocycles. The molecule has 0 spiro atoms. The molecule has 2 aromatic heterocycles. The van der Waals surface area contributed by atoms with Crippen LogP contribution in [0.2, 0.25) is 0 Å². The molecule has 0 radical (unpaired) electrons. The Morgan fingerprint density at radius 3 is 2.83 bits per heavy atom. The fraction of sp³-hybridized carbons (Fsp3) is 0.267. The van der Waals surface area contributed by atoms with Crippen LogP contribution in [0.15, 0.2) is 35.3 Å². The van der Waals surface area contributed by atoms with Crippen LogP contribution in [-0.4, -0.2) is 26.1 Å². The molecule has 1 fully saturated rings. The summed E-state index contributed by atoms with van der Waals surface area (Å²) in [5.41, 5.74) is 8.78. The Labute approximate surface area is 141 Å². The minimum Gasteiger partial charge on any atom is -0.399 e. The third-order valence-corrected chi connectivity index (χ3v) is 4.14. The summed E-state index contributed by atoms with van der Waals surface area (Å²) in [5.74, 6) is 0.642. The Kier molecular flexibility index (Phi) is 3.62. The third kappa shape index (κ3) is 2.75. The van der Waals surface area contributed by atoms with Gasteiger partial charge in [0, 0.05) is 18.0 Å². The van der Waals surface area contributed by atoms with E-state index in [2.05, 4.69) is 36.2 Å². The lowest BCUT2D eigenvalue weighted by atomic mass is 10.3. The summed E-state index contributed by atoms with van der Waals surface area (Å²) in [6.45, 7) is 0.771. The van der Waals surface area contributed by atoms with Gasteiger partial charge in [-0.2, -0.15) is 0 Å². The number of aromatic nitrogens is 4. The van der Waals surface area contributed by atoms with Gasteiger partial charge in [-0.3, -0.25) is 4.57 Å². The van der Waals surface area contributed by atoms with E-state index in [9.17, 15) is 0 Å². The number of rotatable bonds is 3. The molecular weight excluding hydrogens is 360 g/mol. The molecule has 3 aromatic rings. The molecule has 1 unspecified atom stereocenters. The zero-order valence-electron chi connectivity index (χ0n) is 12.2. The number of hydrogen-bond donors (Lipinski definition) is 2. The van der Waals surface area contributed by atoms with Crippen LogP contribution in [-0.2, 0) is 4.74 Å². The molecule has 23 heavy (non-hydrogen) atoms. The maximum Gasteiger partial charge on any atom is 0.200 e. The van der Waals surface area contributed by atoms with Gasteiger partial charge in [0.15, 0.2) is 17.0 Å². The lowest BCUT2D eigenvalue weighted by molar-refractivity contribution is 0.0592. The third-order valence-electron chi connectivity index (χ3n) is 3.78. The van der Waals surface area contributed by atoms with Gasteiger partial charge in [-0.05, 0) is 53.0 Å². The van der Waals surface area contributed by atoms with Crippen LogP contribution in [0.1, 0.15) is 19.1 Å². The molecule has 118 valence electrons. The van der Waals surface area contributed by atoms with Gasteiger partial charge in [-0.1, -0.05) is 0 Å². The number of anilines is 3. The van der Waals surface area contributed by atoms with E-state index < -0.39 is 0 Å². The molecular formula is C15H15BrN6O. The molecule has 1 atom stereocenters. The Morgan fingerprint density at radius 2 is 2.09 bits per heavy atom. The van der Waals surface area contributed by atoms with Gasteiger partial charge in [0.05, 0.1) is 6.33 Å². The van der Waals surface area contributed by atoms with E-state index in [4.69, 9.17) is 10.5 Å². The molecule has 1 saturated heterocycles. The summed E-state index contributed by atoms with van der Waals surface area (Å²) in [7, 11) is 0. The predicted molar refractivity (Wildman–Crippen MR) is 91.4 cm³/mol. The van der Waals surface area contributed by atoms with Crippen LogP contribution in [0.25, 0.3) is 11.2 Å². The lowest BCUT2D eigenvalue weighted by Crippen LogP contribution is -2.07. The van der Waals surface area contributed by atoms with Crippen molar-refractivity contribution in [3.63, 3.8) is 0 Å². The maximum absolute atomic E-state index is 5.73. The first-order valence-electron chi connectivity index (χ1n) is 7.35. The van der Waals surface area contributed by atoms with Crippen molar-refractivity contribution in [2.45, 2.75) is 19.1 Å². The van der Waals surface area contributed by atoms with Crippen molar-refractivity contribution >= 4 is 44.3 Å². The highest BCUT2D eigenvalue weighted by atomic mass is 79.9. The average Bonchev–Trinajstić information content (AvgIpc) is 3.18. The molecule has 7 nitrogen and oxygen atoms in total. The summed E-state index contributed by atoms with van der Waals surface area (Å²) >= 11 is 3.37. The van der Waals surface area contributed by atoms with Crippen molar-refractivity contribution in [3.8, 4) is 0 Å². The maximum atomic E-state index is 5.73. The van der Waals surface area contributed by atoms with Crippen molar-refractivity contribution in [1.29, 1.82) is 0 Å². The van der Waals surface area contributed by atoms with Gasteiger partial charge in [0.1, 0.15) is 6.23 Å². The van der Waals surface area contributed by atoms with Gasteiger partial charge in [-0.25, -0.2) is 15.0 Å². The molecule has 3 N–H and O–H groups in total. The van der Waals surface area contributed by atoms with Gasteiger partial charge in [-0.15, -0.1) is 0 Å². The molecule has 0 bridgehead atoms. The van der Waals surface area contributed by atoms with Crippen LogP contribution < -0.4 is 11.1 Å². The zero-order valence-corrected chi connectivity index (χ0v) is 13.8. The topological polar surface area (TPSA) is 90.9 Å². The van der Waals surface area contributed by atoms with E-state index in [0.717, 1.165) is 30.8 Å². The fourth-order valence-corrected chi connectivity index (χ4v) is 3.02. The smallest absolute Gasteiger partial charge is 0.200 e. The number of nitrogens with two attached hydrogens (primary N) is 1. The molecule has 1 aliphatic rings. The van der Waals surface area contributed by atoms with Gasteiger partial charge in [0.2, 0.25) is 4.73 Å². The van der Waals surface area contributed by atoms with E-state index in [0.29, 0.717) is 21.8 Å². The van der Waals surface area contributed by atoms with Crippen LogP contribution in [0.3, 0.4) is 0 Å². The van der Waals surface area contributed by atoms with Crippen LogP contribution in [0.4, 0.5) is 17.2 Å². The highest BCUT2D eigenvalue weighted by Crippen LogP contribution is 2.30. The van der Waals surface area contributed by atoms with Gasteiger partial charge in [0.25, 0.3) is 0 Å². The Bertz CT molecular complexity index is 841. The van der Waals surface area contributed by atoms with Crippen molar-refractivity contribution in [3.05, 3.63) is 35.3 Å². The number of nitrogens with one attached hydrogen (secondary N) is 1. The highest BCUT2D eigenvalue weighted by Gasteiger charge is 2.22. The first-order chi connectivity index (χ1) is 11.2. The van der Waals surface area contributed by atoms with E-state index in [1.54, 1.807) is 6.33 Å². The Hall–Kier alpha value is -2.19. The predicted octanol–water partition coefficient (Wildman–Crippen LogP) is 3.22. The Morgan fingerprint density at radius 1 is 1.26 bits per heavy atom. The van der Waals surface area contributed by atoms with Crippen molar-refractivity contribution in [2.24, 2.45) is 0 Å². The first-order valence-corrected chi connectivity index (χ1v) is 8.14. The number of benzene rings is 1. The quantitative estimate of drug-likeness (QED) is 0.540. The second kappa shape index (κ2) is 5.78. The summed E-state index contributed by atoms with van der Waals surface area (Å²) in [6.07, 6.45) is 3.77. The van der Waals surface area contributed by atoms with E-state index in [1.165, 1.54) is 0 Å². The number of fused-ring (bicyclic) bond motifs is 1. The standard InChI is InChI=1S/C15H15BrN6O/c16-15-20-13(19-10-5-3-9(17)4-6-10)12-14(21-15)22(8-18-12)11-2-1-7-23-11/h3-6,8,11H,1-2,7,17H2,(H,19,20,21). The number of ether oxygens (including phenoxy) is 1. The second-order valence-electron chi connectivity index (χ2n) is 5.38. The van der Waals surface area contributed by atoms with Crippen molar-refractivity contribution in [2.75, 3.05) is 17.7 Å². The molecule has 4 rings (SSSR count). The van der Waals surface area contributed by atoms with E-state index in [1.807, 2.05) is 28.8 Å². The molecule has 0 amide bonds. The van der Waals surface area contributed by atoms with Crippen LogP contribution >= 0.6 is 15.9 Å². The molecule has 0 saturated carbocycles. The van der Waals surface area contributed by atoms with Crippen LogP contribution in [0.5, 0.6) is 0 Å². The Balaban J connectivity index is 1.75. The summed E-state index contributed by atoms with van der Waals surface area (Å²) in [5, 5.41) is 3.27. The number of nitrogen functional groups attached to an aromatic ring is 1. The number of halogens is 1. The number of imidazole rings is 1. The number of nitrogens with zero attached hydrogens (tertiary/aromatic N) is 4. The van der Waals surface area contributed by atoms with Gasteiger partial charge >= 0.3 is 0 Å². The van der Waals surface area contributed by atoms with Gasteiger partial charge < -0.3 is 15.8 Å². The average molecular weight is 375 g/mol. The number of hydrogen-bond acceptors (Lipinski definition) is 6. The van der Waals surface area contributed by atoms with E-state index in [-0.39, 0.29) is 6.23 Å².